The molecule has 1 amide bonds. The molecule has 0 aliphatic carbocycles. The first-order valence-electron chi connectivity index (χ1n) is 5.87. The van der Waals surface area contributed by atoms with Gasteiger partial charge in [-0.05, 0) is 18.6 Å². The Bertz CT molecular complexity index is 734. The van der Waals surface area contributed by atoms with Gasteiger partial charge in [0.1, 0.15) is 10.9 Å². The molecule has 0 radical (unpaired) electrons. The summed E-state index contributed by atoms with van der Waals surface area (Å²) in [5, 5.41) is 15.2. The first-order valence-corrected chi connectivity index (χ1v) is 8.28. The van der Waals surface area contributed by atoms with Crippen LogP contribution in [0.5, 0.6) is 0 Å². The lowest BCUT2D eigenvalue weighted by molar-refractivity contribution is -0.384. The van der Waals surface area contributed by atoms with Crippen LogP contribution in [0.3, 0.4) is 0 Å². The summed E-state index contributed by atoms with van der Waals surface area (Å²) < 4.78 is 23.2. The highest BCUT2D eigenvalue weighted by Crippen LogP contribution is 2.37. The standard InChI is InChI=1S/C11H12BrN3O5S/c1-6-2-7(12)3-9(15(17)18)11(6)14-5-8(4-10(14)16)21(13,19)20/h2-3,8H,4-5H2,1H3,(H2,13,19,20). The summed E-state index contributed by atoms with van der Waals surface area (Å²) in [4.78, 5) is 23.7. The van der Waals surface area contributed by atoms with Crippen LogP contribution >= 0.6 is 15.9 Å². The summed E-state index contributed by atoms with van der Waals surface area (Å²) in [6, 6.07) is 2.90. The van der Waals surface area contributed by atoms with E-state index in [4.69, 9.17) is 5.14 Å². The Labute approximate surface area is 129 Å². The van der Waals surface area contributed by atoms with Gasteiger partial charge in [-0.15, -0.1) is 0 Å². The number of carbonyl (C=O) groups excluding carboxylic acids is 1. The smallest absolute Gasteiger partial charge is 0.294 e. The normalized spacial score (nSPS) is 19.1. The summed E-state index contributed by atoms with van der Waals surface area (Å²) in [6.07, 6.45) is -0.272. The summed E-state index contributed by atoms with van der Waals surface area (Å²) >= 11 is 3.16. The number of nitro benzene ring substituents is 1. The molecular weight excluding hydrogens is 366 g/mol. The van der Waals surface area contributed by atoms with Crippen LogP contribution in [0, 0.1) is 17.0 Å². The van der Waals surface area contributed by atoms with Crippen LogP contribution in [0.4, 0.5) is 11.4 Å². The Morgan fingerprint density at radius 2 is 2.10 bits per heavy atom. The molecule has 1 heterocycles. The molecule has 2 rings (SSSR count). The highest BCUT2D eigenvalue weighted by Gasteiger charge is 2.40. The van der Waals surface area contributed by atoms with Crippen LogP contribution in [-0.2, 0) is 14.8 Å². The van der Waals surface area contributed by atoms with Crippen molar-refractivity contribution in [2.45, 2.75) is 18.6 Å². The molecule has 1 aliphatic rings. The Kier molecular flexibility index (Phi) is 4.04. The summed E-state index contributed by atoms with van der Waals surface area (Å²) in [6.45, 7) is 1.44. The third kappa shape index (κ3) is 3.06. The van der Waals surface area contributed by atoms with Gasteiger partial charge >= 0.3 is 0 Å². The van der Waals surface area contributed by atoms with Crippen molar-refractivity contribution in [3.8, 4) is 0 Å². The van der Waals surface area contributed by atoms with Crippen LogP contribution in [-0.4, -0.2) is 31.0 Å². The van der Waals surface area contributed by atoms with Crippen LogP contribution in [0.25, 0.3) is 0 Å². The van der Waals surface area contributed by atoms with Gasteiger partial charge in [-0.3, -0.25) is 14.9 Å². The molecular formula is C11H12BrN3O5S. The van der Waals surface area contributed by atoms with Gasteiger partial charge in [0.05, 0.1) is 4.92 Å². The summed E-state index contributed by atoms with van der Waals surface area (Å²) in [7, 11) is -3.87. The van der Waals surface area contributed by atoms with E-state index in [1.54, 1.807) is 13.0 Å². The van der Waals surface area contributed by atoms with Crippen molar-refractivity contribution in [2.75, 3.05) is 11.4 Å². The molecule has 8 nitrogen and oxygen atoms in total. The molecule has 0 aromatic heterocycles. The summed E-state index contributed by atoms with van der Waals surface area (Å²) in [5.41, 5.74) is 0.351. The van der Waals surface area contributed by atoms with E-state index in [1.165, 1.54) is 6.07 Å². The van der Waals surface area contributed by atoms with Crippen LogP contribution in [0.2, 0.25) is 0 Å². The minimum atomic E-state index is -3.87. The van der Waals surface area contributed by atoms with Crippen molar-refractivity contribution < 1.29 is 18.1 Å². The van der Waals surface area contributed by atoms with Crippen LogP contribution < -0.4 is 10.0 Å². The molecule has 0 bridgehead atoms. The molecule has 0 spiro atoms. The van der Waals surface area contributed by atoms with Gasteiger partial charge in [-0.25, -0.2) is 13.6 Å². The maximum atomic E-state index is 12.0. The first kappa shape index (κ1) is 15.9. The van der Waals surface area contributed by atoms with E-state index >= 15 is 0 Å². The number of hydrogen-bond donors (Lipinski definition) is 1. The van der Waals surface area contributed by atoms with Gasteiger partial charge in [0.2, 0.25) is 15.9 Å². The minimum Gasteiger partial charge on any atom is -0.305 e. The van der Waals surface area contributed by atoms with Crippen molar-refractivity contribution in [3.05, 3.63) is 32.3 Å². The number of aryl methyl sites for hydroxylation is 1. The third-order valence-electron chi connectivity index (χ3n) is 3.27. The topological polar surface area (TPSA) is 124 Å². The van der Waals surface area contributed by atoms with E-state index < -0.39 is 26.1 Å². The average Bonchev–Trinajstić information content (AvgIpc) is 2.70. The SMILES string of the molecule is Cc1cc(Br)cc([N+](=O)[O-])c1N1CC(S(N)(=O)=O)CC1=O. The fourth-order valence-corrected chi connectivity index (χ4v) is 3.61. The number of rotatable bonds is 3. The van der Waals surface area contributed by atoms with Crippen molar-refractivity contribution in [1.82, 2.24) is 0 Å². The van der Waals surface area contributed by atoms with Crippen LogP contribution in [0.15, 0.2) is 16.6 Å². The third-order valence-corrected chi connectivity index (χ3v) is 4.97. The number of sulfonamides is 1. The van der Waals surface area contributed by atoms with Gasteiger partial charge in [0.25, 0.3) is 5.69 Å². The monoisotopic (exact) mass is 377 g/mol. The first-order chi connectivity index (χ1) is 9.61. The number of hydrogen-bond acceptors (Lipinski definition) is 5. The molecule has 1 saturated heterocycles. The van der Waals surface area contributed by atoms with Crippen LogP contribution in [0.1, 0.15) is 12.0 Å². The zero-order valence-electron chi connectivity index (χ0n) is 10.9. The molecule has 0 saturated carbocycles. The number of halogens is 1. The average molecular weight is 378 g/mol. The molecule has 10 heteroatoms. The zero-order valence-corrected chi connectivity index (χ0v) is 13.3. The predicted molar refractivity (Wildman–Crippen MR) is 79.4 cm³/mol. The molecule has 114 valence electrons. The number of primary sulfonamides is 1. The Morgan fingerprint density at radius 3 is 2.57 bits per heavy atom. The molecule has 1 fully saturated rings. The molecule has 1 aromatic rings. The number of nitro groups is 1. The van der Waals surface area contributed by atoms with E-state index in [2.05, 4.69) is 15.9 Å². The van der Waals surface area contributed by atoms with Crippen molar-refractivity contribution >= 4 is 43.2 Å². The van der Waals surface area contributed by atoms with Crippen molar-refractivity contribution in [2.24, 2.45) is 5.14 Å². The largest absolute Gasteiger partial charge is 0.305 e. The predicted octanol–water partition coefficient (Wildman–Crippen LogP) is 1.06. The summed E-state index contributed by atoms with van der Waals surface area (Å²) in [5.74, 6) is -0.498. The van der Waals surface area contributed by atoms with Crippen molar-refractivity contribution in [1.29, 1.82) is 0 Å². The lowest BCUT2D eigenvalue weighted by Crippen LogP contribution is -2.32. The van der Waals surface area contributed by atoms with Gasteiger partial charge in [0, 0.05) is 23.5 Å². The Balaban J connectivity index is 2.53. The second kappa shape index (κ2) is 5.35. The highest BCUT2D eigenvalue weighted by molar-refractivity contribution is 9.10. The van der Waals surface area contributed by atoms with E-state index in [1.807, 2.05) is 0 Å². The molecule has 21 heavy (non-hydrogen) atoms. The zero-order chi connectivity index (χ0) is 15.9. The Morgan fingerprint density at radius 1 is 1.48 bits per heavy atom. The quantitative estimate of drug-likeness (QED) is 0.622. The van der Waals surface area contributed by atoms with Gasteiger partial charge in [-0.2, -0.15) is 0 Å². The van der Waals surface area contributed by atoms with E-state index in [0.29, 0.717) is 10.0 Å². The molecule has 1 aliphatic heterocycles. The molecule has 1 unspecified atom stereocenters. The van der Waals surface area contributed by atoms with Gasteiger partial charge in [0.15, 0.2) is 0 Å². The second-order valence-corrected chi connectivity index (χ2v) is 7.53. The number of amides is 1. The lowest BCUT2D eigenvalue weighted by atomic mass is 10.1. The maximum absolute atomic E-state index is 12.0. The van der Waals surface area contributed by atoms with Gasteiger partial charge in [-0.1, -0.05) is 15.9 Å². The van der Waals surface area contributed by atoms with Gasteiger partial charge < -0.3 is 4.90 Å². The minimum absolute atomic E-state index is 0.111. The molecule has 1 atom stereocenters. The number of carbonyl (C=O) groups is 1. The van der Waals surface area contributed by atoms with E-state index in [9.17, 15) is 23.3 Å². The van der Waals surface area contributed by atoms with E-state index in [0.717, 1.165) is 4.90 Å². The van der Waals surface area contributed by atoms with Crippen molar-refractivity contribution in [3.63, 3.8) is 0 Å². The maximum Gasteiger partial charge on any atom is 0.294 e. The highest BCUT2D eigenvalue weighted by atomic mass is 79.9. The fourth-order valence-electron chi connectivity index (χ4n) is 2.32. The number of nitrogens with zero attached hydrogens (tertiary/aromatic N) is 2. The Hall–Kier alpha value is -1.52. The lowest BCUT2D eigenvalue weighted by Gasteiger charge is -2.19. The molecule has 2 N–H and O–H groups in total. The fraction of sp³-hybridized carbons (Fsp3) is 0.364. The van der Waals surface area contributed by atoms with E-state index in [-0.39, 0.29) is 24.3 Å². The number of nitrogens with two attached hydrogens (primary N) is 1. The second-order valence-electron chi connectivity index (χ2n) is 4.77. The number of benzene rings is 1. The molecule has 1 aromatic carbocycles. The number of anilines is 1.